The highest BCUT2D eigenvalue weighted by molar-refractivity contribution is 5.78. The van der Waals surface area contributed by atoms with Gasteiger partial charge in [0.2, 0.25) is 5.91 Å². The zero-order chi connectivity index (χ0) is 19.0. The molecular weight excluding hydrogens is 351 g/mol. The number of aromatic amines is 1. The molecule has 1 amide bonds. The van der Waals surface area contributed by atoms with Crippen LogP contribution in [0.3, 0.4) is 0 Å². The van der Waals surface area contributed by atoms with Crippen molar-refractivity contribution in [3.8, 4) is 0 Å². The summed E-state index contributed by atoms with van der Waals surface area (Å²) >= 11 is 0. The summed E-state index contributed by atoms with van der Waals surface area (Å²) in [5, 5.41) is 2.83. The predicted octanol–water partition coefficient (Wildman–Crippen LogP) is 0.756. The SMILES string of the molecule is Cc1cc(=O)n2[nH]c(CC(=O)N3CCN(c4ccccc4F)CC3)nc2n1. The Morgan fingerprint density at radius 1 is 1.19 bits per heavy atom. The van der Waals surface area contributed by atoms with Crippen molar-refractivity contribution in [2.24, 2.45) is 0 Å². The number of hydrogen-bond donors (Lipinski definition) is 1. The van der Waals surface area contributed by atoms with Crippen molar-refractivity contribution in [2.45, 2.75) is 13.3 Å². The highest BCUT2D eigenvalue weighted by atomic mass is 19.1. The summed E-state index contributed by atoms with van der Waals surface area (Å²) in [4.78, 5) is 36.6. The molecule has 0 saturated carbocycles. The number of para-hydroxylation sites is 1. The molecule has 1 aliphatic heterocycles. The van der Waals surface area contributed by atoms with Crippen LogP contribution in [0.1, 0.15) is 11.5 Å². The molecule has 0 spiro atoms. The van der Waals surface area contributed by atoms with Gasteiger partial charge in [0.1, 0.15) is 11.6 Å². The van der Waals surface area contributed by atoms with Crippen molar-refractivity contribution in [3.63, 3.8) is 0 Å². The molecule has 9 heteroatoms. The Morgan fingerprint density at radius 3 is 2.67 bits per heavy atom. The molecule has 3 aromatic rings. The van der Waals surface area contributed by atoms with Gasteiger partial charge in [0.25, 0.3) is 11.3 Å². The second kappa shape index (κ2) is 6.82. The minimum absolute atomic E-state index is 0.0571. The zero-order valence-electron chi connectivity index (χ0n) is 14.9. The van der Waals surface area contributed by atoms with Gasteiger partial charge < -0.3 is 9.80 Å². The molecular formula is C18H19FN6O2. The average molecular weight is 370 g/mol. The van der Waals surface area contributed by atoms with Gasteiger partial charge in [0.05, 0.1) is 12.1 Å². The molecule has 1 fully saturated rings. The Hall–Kier alpha value is -3.23. The highest BCUT2D eigenvalue weighted by Crippen LogP contribution is 2.20. The maximum atomic E-state index is 13.9. The fourth-order valence-electron chi connectivity index (χ4n) is 3.28. The molecule has 0 aliphatic carbocycles. The van der Waals surface area contributed by atoms with Gasteiger partial charge >= 0.3 is 0 Å². The van der Waals surface area contributed by atoms with Crippen LogP contribution in [0.5, 0.6) is 0 Å². The summed E-state index contributed by atoms with van der Waals surface area (Å²) in [5.74, 6) is 0.304. The summed E-state index contributed by atoms with van der Waals surface area (Å²) in [5.41, 5.74) is 0.874. The van der Waals surface area contributed by atoms with Crippen molar-refractivity contribution in [2.75, 3.05) is 31.1 Å². The summed E-state index contributed by atoms with van der Waals surface area (Å²) in [6.07, 6.45) is 0.0571. The number of benzene rings is 1. The van der Waals surface area contributed by atoms with Crippen molar-refractivity contribution in [1.82, 2.24) is 24.5 Å². The van der Waals surface area contributed by atoms with Gasteiger partial charge in [-0.1, -0.05) is 12.1 Å². The lowest BCUT2D eigenvalue weighted by Gasteiger charge is -2.36. The Kier molecular flexibility index (Phi) is 4.35. The van der Waals surface area contributed by atoms with E-state index in [9.17, 15) is 14.0 Å². The molecule has 1 aromatic carbocycles. The lowest BCUT2D eigenvalue weighted by atomic mass is 10.2. The number of piperazine rings is 1. The molecule has 4 rings (SSSR count). The van der Waals surface area contributed by atoms with Gasteiger partial charge in [0.15, 0.2) is 0 Å². The molecule has 1 saturated heterocycles. The summed E-state index contributed by atoms with van der Waals surface area (Å²) in [7, 11) is 0. The summed E-state index contributed by atoms with van der Waals surface area (Å²) < 4.78 is 15.1. The Labute approximate surface area is 154 Å². The molecule has 140 valence electrons. The maximum Gasteiger partial charge on any atom is 0.274 e. The van der Waals surface area contributed by atoms with Crippen LogP contribution in [-0.2, 0) is 11.2 Å². The van der Waals surface area contributed by atoms with Gasteiger partial charge in [-0.05, 0) is 19.1 Å². The molecule has 0 atom stereocenters. The van der Waals surface area contributed by atoms with Crippen LogP contribution in [0.15, 0.2) is 35.1 Å². The Balaban J connectivity index is 1.42. The second-order valence-corrected chi connectivity index (χ2v) is 6.54. The number of carbonyl (C=O) groups is 1. The molecule has 8 nitrogen and oxygen atoms in total. The first-order chi connectivity index (χ1) is 13.0. The number of amides is 1. The van der Waals surface area contributed by atoms with Gasteiger partial charge in [-0.2, -0.15) is 9.50 Å². The molecule has 0 unspecified atom stereocenters. The number of carbonyl (C=O) groups excluding carboxylic acids is 1. The highest BCUT2D eigenvalue weighted by Gasteiger charge is 2.23. The minimum atomic E-state index is -0.262. The Morgan fingerprint density at radius 2 is 1.93 bits per heavy atom. The second-order valence-electron chi connectivity index (χ2n) is 6.54. The summed E-state index contributed by atoms with van der Waals surface area (Å²) in [6, 6.07) is 8.04. The van der Waals surface area contributed by atoms with Gasteiger partial charge in [-0.3, -0.25) is 14.7 Å². The summed E-state index contributed by atoms with van der Waals surface area (Å²) in [6.45, 7) is 3.85. The monoisotopic (exact) mass is 370 g/mol. The largest absolute Gasteiger partial charge is 0.366 e. The van der Waals surface area contributed by atoms with Crippen LogP contribution < -0.4 is 10.5 Å². The van der Waals surface area contributed by atoms with E-state index < -0.39 is 0 Å². The van der Waals surface area contributed by atoms with Crippen molar-refractivity contribution in [3.05, 3.63) is 58.0 Å². The fraction of sp³-hybridized carbons (Fsp3) is 0.333. The van der Waals surface area contributed by atoms with E-state index >= 15 is 0 Å². The number of aromatic nitrogens is 4. The molecule has 2 aromatic heterocycles. The molecule has 3 heterocycles. The number of H-pyrrole nitrogens is 1. The molecule has 0 radical (unpaired) electrons. The lowest BCUT2D eigenvalue weighted by molar-refractivity contribution is -0.130. The first-order valence-electron chi connectivity index (χ1n) is 8.74. The van der Waals surface area contributed by atoms with Gasteiger partial charge in [0, 0.05) is 37.9 Å². The van der Waals surface area contributed by atoms with E-state index in [1.54, 1.807) is 30.0 Å². The predicted molar refractivity (Wildman–Crippen MR) is 97.2 cm³/mol. The van der Waals surface area contributed by atoms with Crippen LogP contribution >= 0.6 is 0 Å². The number of halogens is 1. The van der Waals surface area contributed by atoms with Crippen molar-refractivity contribution in [1.29, 1.82) is 0 Å². The number of nitrogens with zero attached hydrogens (tertiary/aromatic N) is 5. The van der Waals surface area contributed by atoms with Crippen molar-refractivity contribution >= 4 is 17.4 Å². The molecule has 0 bridgehead atoms. The lowest BCUT2D eigenvalue weighted by Crippen LogP contribution is -2.49. The van der Waals surface area contributed by atoms with E-state index in [1.807, 2.05) is 4.90 Å². The van der Waals surface area contributed by atoms with E-state index in [2.05, 4.69) is 15.1 Å². The van der Waals surface area contributed by atoms with Crippen LogP contribution in [0.2, 0.25) is 0 Å². The van der Waals surface area contributed by atoms with E-state index in [0.29, 0.717) is 43.4 Å². The Bertz CT molecular complexity index is 1050. The van der Waals surface area contributed by atoms with Gasteiger partial charge in [-0.15, -0.1) is 0 Å². The number of nitrogens with one attached hydrogen (secondary N) is 1. The zero-order valence-corrected chi connectivity index (χ0v) is 14.9. The van der Waals surface area contributed by atoms with Crippen LogP contribution in [0.4, 0.5) is 10.1 Å². The standard InChI is InChI=1S/C18H19FN6O2/c1-12-10-17(27)25-18(20-12)21-15(22-25)11-16(26)24-8-6-23(7-9-24)14-5-3-2-4-13(14)19/h2-5,10H,6-9,11H2,1H3,(H,20,21,22). The van der Waals surface area contributed by atoms with Crippen molar-refractivity contribution < 1.29 is 9.18 Å². The third-order valence-corrected chi connectivity index (χ3v) is 4.65. The number of rotatable bonds is 3. The topological polar surface area (TPSA) is 86.6 Å². The third kappa shape index (κ3) is 3.40. The van der Waals surface area contributed by atoms with E-state index in [-0.39, 0.29) is 29.5 Å². The average Bonchev–Trinajstić information content (AvgIpc) is 3.05. The number of fused-ring (bicyclic) bond motifs is 1. The van der Waals surface area contributed by atoms with Crippen LogP contribution in [0, 0.1) is 12.7 Å². The maximum absolute atomic E-state index is 13.9. The number of hydrogen-bond acceptors (Lipinski definition) is 5. The third-order valence-electron chi connectivity index (χ3n) is 4.65. The molecule has 1 N–H and O–H groups in total. The normalized spacial score (nSPS) is 14.7. The smallest absolute Gasteiger partial charge is 0.274 e. The van der Waals surface area contributed by atoms with Crippen LogP contribution in [0.25, 0.3) is 5.78 Å². The minimum Gasteiger partial charge on any atom is -0.366 e. The van der Waals surface area contributed by atoms with E-state index in [1.165, 1.54) is 16.6 Å². The fourth-order valence-corrected chi connectivity index (χ4v) is 3.28. The first kappa shape index (κ1) is 17.2. The first-order valence-corrected chi connectivity index (χ1v) is 8.74. The molecule has 1 aliphatic rings. The van der Waals surface area contributed by atoms with E-state index in [4.69, 9.17) is 0 Å². The van der Waals surface area contributed by atoms with Gasteiger partial charge in [-0.25, -0.2) is 9.37 Å². The van der Waals surface area contributed by atoms with Crippen LogP contribution in [-0.4, -0.2) is 56.6 Å². The van der Waals surface area contributed by atoms with E-state index in [0.717, 1.165) is 0 Å². The number of aryl methyl sites for hydroxylation is 1. The number of anilines is 1. The quantitative estimate of drug-likeness (QED) is 0.736. The molecule has 27 heavy (non-hydrogen) atoms.